The van der Waals surface area contributed by atoms with E-state index in [4.69, 9.17) is 9.47 Å². The number of nitrogens with one attached hydrogen (secondary N) is 2. The van der Waals surface area contributed by atoms with Crippen LogP contribution < -0.4 is 20.3 Å². The second kappa shape index (κ2) is 17.5. The Morgan fingerprint density at radius 2 is 1.46 bits per heavy atom. The van der Waals surface area contributed by atoms with E-state index in [0.717, 1.165) is 11.8 Å². The summed E-state index contributed by atoms with van der Waals surface area (Å²) in [7, 11) is 0. The predicted molar refractivity (Wildman–Crippen MR) is 198 cm³/mol. The van der Waals surface area contributed by atoms with Gasteiger partial charge in [0.15, 0.2) is 18.4 Å². The Kier molecular flexibility index (Phi) is 12.8. The number of ketones is 1. The van der Waals surface area contributed by atoms with Crippen LogP contribution in [-0.4, -0.2) is 70.4 Å². The van der Waals surface area contributed by atoms with Gasteiger partial charge in [-0.1, -0.05) is 42.5 Å². The lowest BCUT2D eigenvalue weighted by atomic mass is 9.92. The number of nitrogens with zero attached hydrogens (tertiary/aromatic N) is 1. The molecule has 54 heavy (non-hydrogen) atoms. The molecule has 1 saturated heterocycles. The first-order chi connectivity index (χ1) is 25.7. The SMILES string of the molecule is CC(C)(C)OC[C@H](NC(=O)[C@H](NC(=O)COc1ccc(C2C(SCC(=O)c3ccc(F)cc3)C(=O)N2c2ccc(F)cc2)cc1)c1ccccc1)C(=O)O. The van der Waals surface area contributed by atoms with Gasteiger partial charge in [0.2, 0.25) is 11.8 Å². The standard InChI is InChI=1S/C40H39F2N3O8S/c1-40(2,3)53-21-31(39(50)51)43-37(48)34(25-7-5-4-6-8-25)44-33(47)22-52-30-19-11-26(12-20-30)35-36(38(49)45(35)29-17-15-28(42)16-18-29)54-23-32(46)24-9-13-27(41)14-10-24/h4-20,31,34-36H,21-23H2,1-3H3,(H,43,48)(H,44,47)(H,50,51)/t31-,34+,35?,36?/m0/s1. The predicted octanol–water partition coefficient (Wildman–Crippen LogP) is 5.66. The molecule has 14 heteroatoms. The fourth-order valence-corrected chi connectivity index (χ4v) is 6.76. The molecule has 0 aromatic heterocycles. The minimum atomic E-state index is -1.37. The van der Waals surface area contributed by atoms with Gasteiger partial charge in [-0.05, 0) is 92.6 Å². The maximum Gasteiger partial charge on any atom is 0.328 e. The van der Waals surface area contributed by atoms with Gasteiger partial charge < -0.3 is 30.1 Å². The van der Waals surface area contributed by atoms with Crippen molar-refractivity contribution in [2.45, 2.75) is 49.7 Å². The Morgan fingerprint density at radius 1 is 0.852 bits per heavy atom. The number of carboxylic acid groups (broad SMARTS) is 1. The number of anilines is 1. The number of amides is 3. The van der Waals surface area contributed by atoms with E-state index in [0.29, 0.717) is 28.1 Å². The number of halogens is 2. The van der Waals surface area contributed by atoms with Crippen LogP contribution in [0, 0.1) is 11.6 Å². The van der Waals surface area contributed by atoms with Crippen LogP contribution in [0.15, 0.2) is 103 Å². The first-order valence-corrected chi connectivity index (χ1v) is 18.0. The fourth-order valence-electron chi connectivity index (χ4n) is 5.54. The molecule has 11 nitrogen and oxygen atoms in total. The molecule has 2 unspecified atom stereocenters. The van der Waals surface area contributed by atoms with E-state index < -0.39 is 65.0 Å². The van der Waals surface area contributed by atoms with Crippen molar-refractivity contribution in [2.24, 2.45) is 0 Å². The second-order valence-electron chi connectivity index (χ2n) is 13.4. The van der Waals surface area contributed by atoms with E-state index in [9.17, 15) is 37.9 Å². The van der Waals surface area contributed by atoms with Crippen molar-refractivity contribution in [3.8, 4) is 5.75 Å². The first-order valence-electron chi connectivity index (χ1n) is 16.9. The lowest BCUT2D eigenvalue weighted by Gasteiger charge is -2.47. The zero-order valence-electron chi connectivity index (χ0n) is 29.7. The number of hydrogen-bond acceptors (Lipinski definition) is 8. The number of aliphatic carboxylic acids is 1. The number of carboxylic acids is 1. The van der Waals surface area contributed by atoms with Crippen LogP contribution in [0.4, 0.5) is 14.5 Å². The average molecular weight is 760 g/mol. The smallest absolute Gasteiger partial charge is 0.328 e. The van der Waals surface area contributed by atoms with Gasteiger partial charge in [-0.2, -0.15) is 0 Å². The quantitative estimate of drug-likeness (QED) is 0.0972. The van der Waals surface area contributed by atoms with E-state index in [1.807, 2.05) is 0 Å². The second-order valence-corrected chi connectivity index (χ2v) is 14.5. The number of carbonyl (C=O) groups is 5. The Labute approximate surface area is 315 Å². The molecule has 4 aromatic carbocycles. The van der Waals surface area contributed by atoms with Crippen molar-refractivity contribution in [2.75, 3.05) is 23.9 Å². The summed E-state index contributed by atoms with van der Waals surface area (Å²) in [6.07, 6.45) is 0. The molecule has 0 radical (unpaired) electrons. The number of Topliss-reactive ketones (excluding diaryl/α,β-unsaturated/α-hetero) is 1. The summed E-state index contributed by atoms with van der Waals surface area (Å²) in [4.78, 5) is 66.0. The van der Waals surface area contributed by atoms with Gasteiger partial charge in [-0.3, -0.25) is 19.2 Å². The number of rotatable bonds is 16. The number of ether oxygens (including phenoxy) is 2. The summed E-state index contributed by atoms with van der Waals surface area (Å²) >= 11 is 1.15. The molecule has 0 spiro atoms. The molecule has 3 N–H and O–H groups in total. The van der Waals surface area contributed by atoms with Crippen LogP contribution in [0.1, 0.15) is 54.3 Å². The molecular formula is C40H39F2N3O8S. The number of hydrogen-bond donors (Lipinski definition) is 3. The molecule has 1 fully saturated rings. The van der Waals surface area contributed by atoms with Gasteiger partial charge in [-0.15, -0.1) is 11.8 Å². The lowest BCUT2D eigenvalue weighted by molar-refractivity contribution is -0.145. The summed E-state index contributed by atoms with van der Waals surface area (Å²) in [6, 6.07) is 22.5. The molecular weight excluding hydrogens is 721 g/mol. The van der Waals surface area contributed by atoms with Gasteiger partial charge in [0.25, 0.3) is 5.91 Å². The summed E-state index contributed by atoms with van der Waals surface area (Å²) in [5, 5.41) is 14.1. The maximum atomic E-state index is 13.7. The Morgan fingerprint density at radius 3 is 2.06 bits per heavy atom. The Hall–Kier alpha value is -5.60. The van der Waals surface area contributed by atoms with Gasteiger partial charge in [0.05, 0.1) is 24.0 Å². The van der Waals surface area contributed by atoms with E-state index >= 15 is 0 Å². The number of thioether (sulfide) groups is 1. The molecule has 3 amide bonds. The summed E-state index contributed by atoms with van der Waals surface area (Å²) in [5.41, 5.74) is 1.25. The van der Waals surface area contributed by atoms with Crippen LogP contribution >= 0.6 is 11.8 Å². The molecule has 0 bridgehead atoms. The minimum absolute atomic E-state index is 0.0320. The van der Waals surface area contributed by atoms with E-state index in [-0.39, 0.29) is 24.1 Å². The molecule has 1 aliphatic rings. The zero-order chi connectivity index (χ0) is 39.0. The molecule has 4 aromatic rings. The van der Waals surface area contributed by atoms with Crippen LogP contribution in [-0.2, 0) is 23.9 Å². The fraction of sp³-hybridized carbons (Fsp3) is 0.275. The first kappa shape index (κ1) is 39.6. The Bertz CT molecular complexity index is 1960. The topological polar surface area (TPSA) is 151 Å². The molecule has 282 valence electrons. The number of β-lactam (4-membered cyclic amide) rings is 1. The number of benzene rings is 4. The third-order valence-electron chi connectivity index (χ3n) is 8.30. The largest absolute Gasteiger partial charge is 0.484 e. The van der Waals surface area contributed by atoms with Crippen LogP contribution in [0.25, 0.3) is 0 Å². The van der Waals surface area contributed by atoms with Gasteiger partial charge in [-0.25, -0.2) is 13.6 Å². The van der Waals surface area contributed by atoms with Crippen molar-refractivity contribution in [3.63, 3.8) is 0 Å². The number of carbonyl (C=O) groups excluding carboxylic acids is 4. The van der Waals surface area contributed by atoms with Crippen molar-refractivity contribution < 1.29 is 47.3 Å². The van der Waals surface area contributed by atoms with Crippen molar-refractivity contribution in [1.82, 2.24) is 10.6 Å². The monoisotopic (exact) mass is 759 g/mol. The summed E-state index contributed by atoms with van der Waals surface area (Å²) in [5.74, 6) is -3.91. The molecule has 1 heterocycles. The summed E-state index contributed by atoms with van der Waals surface area (Å²) in [6.45, 7) is 4.49. The van der Waals surface area contributed by atoms with Gasteiger partial charge >= 0.3 is 5.97 Å². The van der Waals surface area contributed by atoms with Crippen LogP contribution in [0.5, 0.6) is 5.75 Å². The van der Waals surface area contributed by atoms with Crippen molar-refractivity contribution in [3.05, 3.63) is 131 Å². The molecule has 5 rings (SSSR count). The highest BCUT2D eigenvalue weighted by Gasteiger charge is 2.49. The summed E-state index contributed by atoms with van der Waals surface area (Å²) < 4.78 is 38.4. The molecule has 1 aliphatic heterocycles. The maximum absolute atomic E-state index is 13.7. The van der Waals surface area contributed by atoms with E-state index in [1.165, 1.54) is 53.4 Å². The molecule has 4 atom stereocenters. The third kappa shape index (κ3) is 10.3. The van der Waals surface area contributed by atoms with E-state index in [1.54, 1.807) is 75.4 Å². The highest BCUT2D eigenvalue weighted by molar-refractivity contribution is 8.01. The molecule has 0 saturated carbocycles. The third-order valence-corrected chi connectivity index (χ3v) is 9.55. The van der Waals surface area contributed by atoms with Crippen LogP contribution in [0.2, 0.25) is 0 Å². The van der Waals surface area contributed by atoms with Gasteiger partial charge in [0.1, 0.15) is 28.7 Å². The van der Waals surface area contributed by atoms with Gasteiger partial charge in [0, 0.05) is 11.3 Å². The highest BCUT2D eigenvalue weighted by atomic mass is 32.2. The Balaban J connectivity index is 1.25. The molecule has 0 aliphatic carbocycles. The minimum Gasteiger partial charge on any atom is -0.484 e. The van der Waals surface area contributed by atoms with E-state index in [2.05, 4.69) is 10.6 Å². The zero-order valence-corrected chi connectivity index (χ0v) is 30.5. The normalized spacial score (nSPS) is 16.5. The highest BCUT2D eigenvalue weighted by Crippen LogP contribution is 2.45. The van der Waals surface area contributed by atoms with Crippen LogP contribution in [0.3, 0.4) is 0 Å². The lowest BCUT2D eigenvalue weighted by Crippen LogP contribution is -2.57. The average Bonchev–Trinajstić information content (AvgIpc) is 3.14. The van der Waals surface area contributed by atoms with Crippen molar-refractivity contribution >= 4 is 46.9 Å². The van der Waals surface area contributed by atoms with Crippen molar-refractivity contribution in [1.29, 1.82) is 0 Å².